The monoisotopic (exact) mass is 430 g/mol. The summed E-state index contributed by atoms with van der Waals surface area (Å²) in [6, 6.07) is 8.66. The maximum absolute atomic E-state index is 12.8. The maximum Gasteiger partial charge on any atom is 0.236 e. The Hall–Kier alpha value is -1.47. The topological polar surface area (TPSA) is 39.7 Å². The van der Waals surface area contributed by atoms with Crippen molar-refractivity contribution in [2.24, 2.45) is 0 Å². The van der Waals surface area contributed by atoms with Crippen LogP contribution in [-0.2, 0) is 17.8 Å². The molecule has 2 aliphatic heterocycles. The minimum atomic E-state index is 0.276. The van der Waals surface area contributed by atoms with Crippen molar-refractivity contribution in [3.63, 3.8) is 0 Å². The number of aromatic nitrogens is 1. The Morgan fingerprint density at radius 1 is 1.14 bits per heavy atom. The summed E-state index contributed by atoms with van der Waals surface area (Å²) in [6.07, 6.45) is 4.96. The summed E-state index contributed by atoms with van der Waals surface area (Å²) < 4.78 is 0. The predicted molar refractivity (Wildman–Crippen MR) is 117 cm³/mol. The Morgan fingerprint density at radius 2 is 1.93 bits per heavy atom. The Kier molecular flexibility index (Phi) is 5.61. The second kappa shape index (κ2) is 8.34. The van der Waals surface area contributed by atoms with Gasteiger partial charge < -0.3 is 4.90 Å². The Balaban J connectivity index is 1.18. The minimum Gasteiger partial charge on any atom is -0.339 e. The maximum atomic E-state index is 12.8. The summed E-state index contributed by atoms with van der Waals surface area (Å²) >= 11 is 8.06. The molecule has 1 saturated heterocycles. The van der Waals surface area contributed by atoms with E-state index in [0.717, 1.165) is 67.3 Å². The molecule has 1 saturated carbocycles. The van der Waals surface area contributed by atoms with Crippen molar-refractivity contribution in [1.29, 1.82) is 0 Å². The number of hydrogen-bond acceptors (Lipinski definition) is 5. The first kappa shape index (κ1) is 19.5. The van der Waals surface area contributed by atoms with Crippen LogP contribution in [-0.4, -0.2) is 70.9 Å². The van der Waals surface area contributed by atoms with E-state index in [1.165, 1.54) is 29.8 Å². The number of rotatable bonds is 4. The Bertz CT molecular complexity index is 889. The van der Waals surface area contributed by atoms with Crippen LogP contribution in [0.15, 0.2) is 24.3 Å². The molecular formula is C22H27ClN4OS. The molecule has 0 unspecified atom stereocenters. The van der Waals surface area contributed by atoms with Gasteiger partial charge in [0.15, 0.2) is 0 Å². The number of hydrogen-bond donors (Lipinski definition) is 0. The largest absolute Gasteiger partial charge is 0.339 e. The lowest BCUT2D eigenvalue weighted by molar-refractivity contribution is -0.135. The normalized spacial score (nSPS) is 21.1. The highest BCUT2D eigenvalue weighted by Gasteiger charge is 2.30. The molecule has 2 aromatic rings. The lowest BCUT2D eigenvalue weighted by Gasteiger charge is -2.43. The molecule has 3 heterocycles. The third-order valence-corrected chi connectivity index (χ3v) is 7.98. The van der Waals surface area contributed by atoms with Crippen LogP contribution in [0.25, 0.3) is 10.6 Å². The molecule has 1 aromatic heterocycles. The number of benzene rings is 1. The second-order valence-corrected chi connectivity index (χ2v) is 9.82. The van der Waals surface area contributed by atoms with Crippen LogP contribution in [0, 0.1) is 0 Å². The van der Waals surface area contributed by atoms with E-state index < -0.39 is 0 Å². The highest BCUT2D eigenvalue weighted by molar-refractivity contribution is 7.15. The molecule has 0 bridgehead atoms. The zero-order valence-electron chi connectivity index (χ0n) is 16.6. The van der Waals surface area contributed by atoms with Gasteiger partial charge in [0, 0.05) is 62.2 Å². The van der Waals surface area contributed by atoms with E-state index >= 15 is 0 Å². The number of amides is 1. The number of halogens is 1. The molecule has 5 rings (SSSR count). The van der Waals surface area contributed by atoms with Crippen molar-refractivity contribution >= 4 is 28.8 Å². The van der Waals surface area contributed by atoms with E-state index in [-0.39, 0.29) is 5.91 Å². The zero-order valence-corrected chi connectivity index (χ0v) is 18.2. The van der Waals surface area contributed by atoms with E-state index in [0.29, 0.717) is 6.54 Å². The van der Waals surface area contributed by atoms with Gasteiger partial charge in [-0.2, -0.15) is 0 Å². The van der Waals surface area contributed by atoms with Gasteiger partial charge in [-0.15, -0.1) is 11.3 Å². The molecule has 0 radical (unpaired) electrons. The number of nitrogens with zero attached hydrogens (tertiary/aromatic N) is 4. The first-order valence-corrected chi connectivity index (χ1v) is 11.8. The van der Waals surface area contributed by atoms with Crippen LogP contribution < -0.4 is 0 Å². The van der Waals surface area contributed by atoms with Crippen LogP contribution in [0.3, 0.4) is 0 Å². The van der Waals surface area contributed by atoms with Gasteiger partial charge in [0.05, 0.1) is 17.3 Å². The van der Waals surface area contributed by atoms with Gasteiger partial charge in [-0.3, -0.25) is 14.6 Å². The number of thiazole rings is 1. The average molecular weight is 431 g/mol. The molecule has 0 spiro atoms. The fourth-order valence-corrected chi connectivity index (χ4v) is 5.98. The van der Waals surface area contributed by atoms with E-state index in [9.17, 15) is 4.79 Å². The van der Waals surface area contributed by atoms with Gasteiger partial charge >= 0.3 is 0 Å². The van der Waals surface area contributed by atoms with Gasteiger partial charge in [0.1, 0.15) is 5.01 Å². The summed E-state index contributed by atoms with van der Waals surface area (Å²) in [6.45, 7) is 6.06. The van der Waals surface area contributed by atoms with Crippen molar-refractivity contribution in [1.82, 2.24) is 19.7 Å². The van der Waals surface area contributed by atoms with Crippen LogP contribution in [0.5, 0.6) is 0 Å². The molecule has 154 valence electrons. The standard InChI is InChI=1S/C22H27ClN4OS/c23-18-7-2-1-6-17(18)22-24-19-8-9-25(14-20(19)29-22)15-21(28)27-12-10-26(11-13-27)16-4-3-5-16/h1-2,6-7,16H,3-5,8-15H2. The first-order chi connectivity index (χ1) is 14.2. The molecular weight excluding hydrogens is 404 g/mol. The molecule has 5 nitrogen and oxygen atoms in total. The lowest BCUT2D eigenvalue weighted by Crippen LogP contribution is -2.55. The third kappa shape index (κ3) is 4.08. The number of carbonyl (C=O) groups is 1. The number of fused-ring (bicyclic) bond motifs is 1. The van der Waals surface area contributed by atoms with E-state index in [1.54, 1.807) is 11.3 Å². The van der Waals surface area contributed by atoms with Gasteiger partial charge in [-0.1, -0.05) is 36.2 Å². The van der Waals surface area contributed by atoms with Gasteiger partial charge in [-0.05, 0) is 18.9 Å². The smallest absolute Gasteiger partial charge is 0.236 e. The Morgan fingerprint density at radius 3 is 2.66 bits per heavy atom. The molecule has 0 N–H and O–H groups in total. The fourth-order valence-electron chi connectivity index (χ4n) is 4.51. The van der Waals surface area contributed by atoms with E-state index in [1.807, 2.05) is 24.3 Å². The van der Waals surface area contributed by atoms with Crippen molar-refractivity contribution < 1.29 is 4.79 Å². The minimum absolute atomic E-state index is 0.276. The van der Waals surface area contributed by atoms with Crippen LogP contribution in [0.4, 0.5) is 0 Å². The highest BCUT2D eigenvalue weighted by Crippen LogP contribution is 2.35. The van der Waals surface area contributed by atoms with Crippen molar-refractivity contribution in [2.45, 2.75) is 38.3 Å². The van der Waals surface area contributed by atoms with Crippen molar-refractivity contribution in [3.05, 3.63) is 39.9 Å². The highest BCUT2D eigenvalue weighted by atomic mass is 35.5. The molecule has 29 heavy (non-hydrogen) atoms. The Labute approximate surface area is 181 Å². The first-order valence-electron chi connectivity index (χ1n) is 10.6. The summed E-state index contributed by atoms with van der Waals surface area (Å²) in [5.74, 6) is 0.276. The predicted octanol–water partition coefficient (Wildman–Crippen LogP) is 3.52. The second-order valence-electron chi connectivity index (χ2n) is 8.33. The summed E-state index contributed by atoms with van der Waals surface area (Å²) in [5.41, 5.74) is 2.17. The van der Waals surface area contributed by atoms with E-state index in [2.05, 4.69) is 14.7 Å². The molecule has 7 heteroatoms. The van der Waals surface area contributed by atoms with Crippen LogP contribution in [0.1, 0.15) is 29.8 Å². The number of carbonyl (C=O) groups excluding carboxylic acids is 1. The van der Waals surface area contributed by atoms with Crippen LogP contribution in [0.2, 0.25) is 5.02 Å². The molecule has 3 aliphatic rings. The molecule has 0 atom stereocenters. The SMILES string of the molecule is O=C(CN1CCc2nc(-c3ccccc3Cl)sc2C1)N1CCN(C2CCC2)CC1. The van der Waals surface area contributed by atoms with Crippen molar-refractivity contribution in [2.75, 3.05) is 39.3 Å². The van der Waals surface area contributed by atoms with E-state index in [4.69, 9.17) is 16.6 Å². The van der Waals surface area contributed by atoms with Gasteiger partial charge in [0.2, 0.25) is 5.91 Å². The molecule has 2 fully saturated rings. The third-order valence-electron chi connectivity index (χ3n) is 6.53. The van der Waals surface area contributed by atoms with Crippen molar-refractivity contribution in [3.8, 4) is 10.6 Å². The number of piperazine rings is 1. The summed E-state index contributed by atoms with van der Waals surface area (Å²) in [7, 11) is 0. The lowest BCUT2D eigenvalue weighted by atomic mass is 9.91. The average Bonchev–Trinajstić information content (AvgIpc) is 3.10. The molecule has 1 aliphatic carbocycles. The molecule has 1 aromatic carbocycles. The zero-order chi connectivity index (χ0) is 19.8. The van der Waals surface area contributed by atoms with Gasteiger partial charge in [0.25, 0.3) is 0 Å². The summed E-state index contributed by atoms with van der Waals surface area (Å²) in [4.78, 5) is 25.9. The quantitative estimate of drug-likeness (QED) is 0.744. The van der Waals surface area contributed by atoms with Crippen LogP contribution >= 0.6 is 22.9 Å². The fraction of sp³-hybridized carbons (Fsp3) is 0.545. The van der Waals surface area contributed by atoms with Gasteiger partial charge in [-0.25, -0.2) is 4.98 Å². The summed E-state index contributed by atoms with van der Waals surface area (Å²) in [5, 5.41) is 1.73. The molecule has 1 amide bonds.